The van der Waals surface area contributed by atoms with Crippen LogP contribution in [0.15, 0.2) is 30.3 Å². The number of nitrogens with zero attached hydrogens (tertiary/aromatic N) is 1. The van der Waals surface area contributed by atoms with Gasteiger partial charge in [0.2, 0.25) is 0 Å². The first-order chi connectivity index (χ1) is 15.6. The van der Waals surface area contributed by atoms with E-state index in [2.05, 4.69) is 53.3 Å². The monoisotopic (exact) mass is 435 g/mol. The predicted octanol–water partition coefficient (Wildman–Crippen LogP) is 5.12. The van der Waals surface area contributed by atoms with Gasteiger partial charge in [-0.05, 0) is 93.2 Å². The van der Waals surface area contributed by atoms with Crippen molar-refractivity contribution in [2.75, 3.05) is 47.4 Å². The number of piperidine rings is 1. The normalized spacial score (nSPS) is 15.4. The average Bonchev–Trinajstić information content (AvgIpc) is 3.21. The zero-order valence-corrected chi connectivity index (χ0v) is 20.2. The number of nitrogens with one attached hydrogen (secondary N) is 2. The fourth-order valence-electron chi connectivity index (χ4n) is 5.16. The molecule has 5 nitrogen and oxygen atoms in total. The molecule has 1 aliphatic rings. The number of aromatic amines is 1. The van der Waals surface area contributed by atoms with E-state index in [9.17, 15) is 0 Å². The second-order valence-electron chi connectivity index (χ2n) is 8.88. The molecule has 0 spiro atoms. The van der Waals surface area contributed by atoms with Crippen LogP contribution in [0.2, 0.25) is 0 Å². The van der Waals surface area contributed by atoms with E-state index in [0.29, 0.717) is 5.92 Å². The maximum Gasteiger partial charge on any atom is 0.161 e. The summed E-state index contributed by atoms with van der Waals surface area (Å²) in [6.45, 7) is 9.07. The van der Waals surface area contributed by atoms with Gasteiger partial charge in [0.05, 0.1) is 14.2 Å². The molecule has 172 valence electrons. The molecule has 0 saturated carbocycles. The molecule has 4 rings (SSSR count). The van der Waals surface area contributed by atoms with Crippen molar-refractivity contribution < 1.29 is 9.47 Å². The number of hydrogen-bond donors (Lipinski definition) is 2. The van der Waals surface area contributed by atoms with Crippen molar-refractivity contribution in [2.24, 2.45) is 0 Å². The maximum absolute atomic E-state index is 5.55. The summed E-state index contributed by atoms with van der Waals surface area (Å²) in [5.41, 5.74) is 7.78. The summed E-state index contributed by atoms with van der Waals surface area (Å²) in [6.07, 6.45) is 3.46. The molecule has 1 fully saturated rings. The molecule has 32 heavy (non-hydrogen) atoms. The molecular formula is C27H37N3O2. The van der Waals surface area contributed by atoms with Gasteiger partial charge in [0.1, 0.15) is 0 Å². The summed E-state index contributed by atoms with van der Waals surface area (Å²) in [4.78, 5) is 6.32. The Hall–Kier alpha value is -2.50. The highest BCUT2D eigenvalue weighted by atomic mass is 16.5. The van der Waals surface area contributed by atoms with E-state index >= 15 is 0 Å². The molecule has 1 saturated heterocycles. The SMILES string of the molecule is CCc1c(-c2ccc(OC)c(OC)c2)[nH]c2c(C)cc(C3CCN(CCNC)CC3)cc12. The van der Waals surface area contributed by atoms with Gasteiger partial charge in [-0.3, -0.25) is 0 Å². The fourth-order valence-corrected chi connectivity index (χ4v) is 5.16. The molecule has 0 amide bonds. The minimum Gasteiger partial charge on any atom is -0.493 e. The minimum atomic E-state index is 0.646. The Balaban J connectivity index is 1.68. The van der Waals surface area contributed by atoms with Crippen LogP contribution in [0.25, 0.3) is 22.2 Å². The third-order valence-electron chi connectivity index (χ3n) is 7.00. The Bertz CT molecular complexity index is 1060. The van der Waals surface area contributed by atoms with Crippen molar-refractivity contribution in [3.8, 4) is 22.8 Å². The molecule has 2 heterocycles. The molecule has 5 heteroatoms. The first-order valence-corrected chi connectivity index (χ1v) is 11.8. The highest BCUT2D eigenvalue weighted by Gasteiger charge is 2.22. The highest BCUT2D eigenvalue weighted by Crippen LogP contribution is 2.39. The van der Waals surface area contributed by atoms with Crippen LogP contribution >= 0.6 is 0 Å². The Morgan fingerprint density at radius 1 is 1.06 bits per heavy atom. The van der Waals surface area contributed by atoms with E-state index in [4.69, 9.17) is 9.47 Å². The Morgan fingerprint density at radius 2 is 1.81 bits per heavy atom. The number of aromatic nitrogens is 1. The lowest BCUT2D eigenvalue weighted by Crippen LogP contribution is -2.37. The lowest BCUT2D eigenvalue weighted by molar-refractivity contribution is 0.214. The highest BCUT2D eigenvalue weighted by molar-refractivity contribution is 5.93. The van der Waals surface area contributed by atoms with Crippen LogP contribution in [0.5, 0.6) is 11.5 Å². The van der Waals surface area contributed by atoms with Gasteiger partial charge in [0, 0.05) is 35.2 Å². The van der Waals surface area contributed by atoms with Gasteiger partial charge in [-0.15, -0.1) is 0 Å². The van der Waals surface area contributed by atoms with Crippen LogP contribution in [0, 0.1) is 6.92 Å². The van der Waals surface area contributed by atoms with Crippen LogP contribution in [-0.2, 0) is 6.42 Å². The van der Waals surface area contributed by atoms with Crippen LogP contribution < -0.4 is 14.8 Å². The fraction of sp³-hybridized carbons (Fsp3) is 0.481. The first kappa shape index (κ1) is 22.7. The summed E-state index contributed by atoms with van der Waals surface area (Å²) >= 11 is 0. The summed E-state index contributed by atoms with van der Waals surface area (Å²) < 4.78 is 11.0. The molecule has 0 bridgehead atoms. The van der Waals surface area contributed by atoms with Gasteiger partial charge >= 0.3 is 0 Å². The van der Waals surface area contributed by atoms with E-state index in [1.54, 1.807) is 14.2 Å². The van der Waals surface area contributed by atoms with Gasteiger partial charge in [0.25, 0.3) is 0 Å². The zero-order chi connectivity index (χ0) is 22.7. The summed E-state index contributed by atoms with van der Waals surface area (Å²) in [7, 11) is 5.39. The first-order valence-electron chi connectivity index (χ1n) is 11.8. The standard InChI is InChI=1S/C27H37N3O2/c1-6-22-23-16-21(19-9-12-30(13-10-19)14-11-28-3)15-18(2)26(23)29-27(22)20-7-8-24(31-4)25(17-20)32-5/h7-8,15-17,19,28-29H,6,9-14H2,1-5H3. The molecule has 2 aromatic carbocycles. The van der Waals surface area contributed by atoms with Gasteiger partial charge in [-0.25, -0.2) is 0 Å². The molecule has 0 unspecified atom stereocenters. The quantitative estimate of drug-likeness (QED) is 0.515. The summed E-state index contributed by atoms with van der Waals surface area (Å²) in [5, 5.41) is 4.63. The van der Waals surface area contributed by atoms with Crippen LogP contribution in [-0.4, -0.2) is 57.3 Å². The minimum absolute atomic E-state index is 0.646. The van der Waals surface area contributed by atoms with Crippen molar-refractivity contribution >= 4 is 10.9 Å². The second-order valence-corrected chi connectivity index (χ2v) is 8.88. The van der Waals surface area contributed by atoms with Crippen molar-refractivity contribution in [3.63, 3.8) is 0 Å². The molecule has 1 aliphatic heterocycles. The average molecular weight is 436 g/mol. The lowest BCUT2D eigenvalue weighted by atomic mass is 9.87. The predicted molar refractivity (Wildman–Crippen MR) is 133 cm³/mol. The molecule has 1 aromatic heterocycles. The molecular weight excluding hydrogens is 398 g/mol. The van der Waals surface area contributed by atoms with Crippen molar-refractivity contribution in [2.45, 2.75) is 39.0 Å². The number of ether oxygens (including phenoxy) is 2. The number of hydrogen-bond acceptors (Lipinski definition) is 4. The largest absolute Gasteiger partial charge is 0.493 e. The maximum atomic E-state index is 5.55. The van der Waals surface area contributed by atoms with Crippen LogP contribution in [0.1, 0.15) is 42.4 Å². The summed E-state index contributed by atoms with van der Waals surface area (Å²) in [5.74, 6) is 2.16. The van der Waals surface area contributed by atoms with Gasteiger partial charge < -0.3 is 24.7 Å². The number of H-pyrrole nitrogens is 1. The zero-order valence-electron chi connectivity index (χ0n) is 20.2. The number of likely N-dealkylation sites (N-methyl/N-ethyl adjacent to an activating group) is 1. The number of benzene rings is 2. The Morgan fingerprint density at radius 3 is 2.47 bits per heavy atom. The molecule has 0 radical (unpaired) electrons. The smallest absolute Gasteiger partial charge is 0.161 e. The van der Waals surface area contributed by atoms with Crippen molar-refractivity contribution in [1.82, 2.24) is 15.2 Å². The number of aryl methyl sites for hydroxylation is 2. The van der Waals surface area contributed by atoms with Gasteiger partial charge in [0.15, 0.2) is 11.5 Å². The molecule has 0 aliphatic carbocycles. The summed E-state index contributed by atoms with van der Waals surface area (Å²) in [6, 6.07) is 11.0. The van der Waals surface area contributed by atoms with Gasteiger partial charge in [-0.1, -0.05) is 13.0 Å². The number of fused-ring (bicyclic) bond motifs is 1. The van der Waals surface area contributed by atoms with E-state index in [-0.39, 0.29) is 0 Å². The number of methoxy groups -OCH3 is 2. The van der Waals surface area contributed by atoms with Crippen LogP contribution in [0.3, 0.4) is 0 Å². The van der Waals surface area contributed by atoms with Crippen molar-refractivity contribution in [3.05, 3.63) is 47.0 Å². The number of rotatable bonds is 8. The van der Waals surface area contributed by atoms with Gasteiger partial charge in [-0.2, -0.15) is 0 Å². The van der Waals surface area contributed by atoms with E-state index in [1.165, 1.54) is 59.2 Å². The third kappa shape index (κ3) is 4.37. The topological polar surface area (TPSA) is 49.5 Å². The number of likely N-dealkylation sites (tertiary alicyclic amines) is 1. The molecule has 2 N–H and O–H groups in total. The Labute approximate surface area is 192 Å². The van der Waals surface area contributed by atoms with E-state index < -0.39 is 0 Å². The van der Waals surface area contributed by atoms with E-state index in [1.807, 2.05) is 13.1 Å². The Kier molecular flexibility index (Phi) is 7.07. The third-order valence-corrected chi connectivity index (χ3v) is 7.00. The molecule has 0 atom stereocenters. The second kappa shape index (κ2) is 9.97. The lowest BCUT2D eigenvalue weighted by Gasteiger charge is -2.32. The molecule has 3 aromatic rings. The van der Waals surface area contributed by atoms with Crippen molar-refractivity contribution in [1.29, 1.82) is 0 Å². The van der Waals surface area contributed by atoms with Crippen LogP contribution in [0.4, 0.5) is 0 Å². The van der Waals surface area contributed by atoms with E-state index in [0.717, 1.165) is 36.6 Å².